The van der Waals surface area contributed by atoms with E-state index in [-0.39, 0.29) is 6.04 Å². The van der Waals surface area contributed by atoms with Crippen LogP contribution in [0.1, 0.15) is 36.9 Å². The Kier molecular flexibility index (Phi) is 3.27. The molecule has 0 saturated carbocycles. The lowest BCUT2D eigenvalue weighted by molar-refractivity contribution is 0.0811. The molecule has 2 aliphatic rings. The Bertz CT molecular complexity index is 433. The second-order valence-electron chi connectivity index (χ2n) is 5.23. The van der Waals surface area contributed by atoms with Crippen LogP contribution in [0, 0.1) is 5.92 Å². The second-order valence-corrected chi connectivity index (χ2v) is 5.23. The Labute approximate surface area is 108 Å². The third-order valence-electron chi connectivity index (χ3n) is 4.23. The highest BCUT2D eigenvalue weighted by molar-refractivity contribution is 5.45. The second kappa shape index (κ2) is 4.90. The number of nitrogens with two attached hydrogens (primary N) is 1. The fourth-order valence-corrected chi connectivity index (χ4v) is 3.23. The molecule has 98 valence electrons. The normalized spacial score (nSPS) is 27.9. The van der Waals surface area contributed by atoms with Gasteiger partial charge in [-0.2, -0.15) is 0 Å². The van der Waals surface area contributed by atoms with E-state index in [1.807, 2.05) is 0 Å². The smallest absolute Gasteiger partial charge is 0.127 e. The van der Waals surface area contributed by atoms with Crippen molar-refractivity contribution in [3.05, 3.63) is 29.3 Å². The number of ether oxygens (including phenoxy) is 2. The fraction of sp³-hybridized carbons (Fsp3) is 0.600. The molecule has 2 heterocycles. The summed E-state index contributed by atoms with van der Waals surface area (Å²) in [5, 5.41) is 0. The highest BCUT2D eigenvalue weighted by Gasteiger charge is 2.34. The molecule has 0 bridgehead atoms. The molecule has 3 nitrogen and oxygen atoms in total. The van der Waals surface area contributed by atoms with Gasteiger partial charge in [-0.1, -0.05) is 25.1 Å². The van der Waals surface area contributed by atoms with Gasteiger partial charge in [-0.15, -0.1) is 0 Å². The van der Waals surface area contributed by atoms with Crippen molar-refractivity contribution in [2.75, 3.05) is 13.2 Å². The molecule has 3 heteroatoms. The van der Waals surface area contributed by atoms with Crippen LogP contribution in [0.15, 0.2) is 18.2 Å². The first-order valence-electron chi connectivity index (χ1n) is 6.93. The predicted molar refractivity (Wildman–Crippen MR) is 70.7 cm³/mol. The van der Waals surface area contributed by atoms with Crippen molar-refractivity contribution >= 4 is 0 Å². The van der Waals surface area contributed by atoms with E-state index in [4.69, 9.17) is 15.2 Å². The van der Waals surface area contributed by atoms with Gasteiger partial charge in [0.15, 0.2) is 0 Å². The minimum Gasteiger partial charge on any atom is -0.493 e. The molecule has 0 amide bonds. The van der Waals surface area contributed by atoms with E-state index < -0.39 is 0 Å². The topological polar surface area (TPSA) is 44.5 Å². The van der Waals surface area contributed by atoms with Gasteiger partial charge in [0.2, 0.25) is 0 Å². The molecule has 2 N–H and O–H groups in total. The Morgan fingerprint density at radius 1 is 1.39 bits per heavy atom. The zero-order valence-corrected chi connectivity index (χ0v) is 10.9. The van der Waals surface area contributed by atoms with Crippen molar-refractivity contribution in [3.63, 3.8) is 0 Å². The van der Waals surface area contributed by atoms with Gasteiger partial charge >= 0.3 is 0 Å². The maximum atomic E-state index is 6.48. The van der Waals surface area contributed by atoms with Crippen molar-refractivity contribution in [1.82, 2.24) is 0 Å². The van der Waals surface area contributed by atoms with E-state index in [0.717, 1.165) is 38.2 Å². The van der Waals surface area contributed by atoms with Crippen LogP contribution in [0.3, 0.4) is 0 Å². The third kappa shape index (κ3) is 1.91. The third-order valence-corrected chi connectivity index (χ3v) is 4.23. The van der Waals surface area contributed by atoms with Gasteiger partial charge in [-0.3, -0.25) is 0 Å². The highest BCUT2D eigenvalue weighted by atomic mass is 16.5. The van der Waals surface area contributed by atoms with E-state index in [2.05, 4.69) is 25.1 Å². The van der Waals surface area contributed by atoms with Gasteiger partial charge in [0.1, 0.15) is 5.75 Å². The minimum atomic E-state index is 0.0329. The molecule has 3 atom stereocenters. The summed E-state index contributed by atoms with van der Waals surface area (Å²) in [7, 11) is 0. The monoisotopic (exact) mass is 247 g/mol. The van der Waals surface area contributed by atoms with Gasteiger partial charge in [-0.05, 0) is 18.4 Å². The molecule has 2 aliphatic heterocycles. The Balaban J connectivity index is 1.88. The van der Waals surface area contributed by atoms with Gasteiger partial charge in [0.05, 0.1) is 12.7 Å². The average molecular weight is 247 g/mol. The first-order chi connectivity index (χ1) is 8.81. The summed E-state index contributed by atoms with van der Waals surface area (Å²) in [5.74, 6) is 1.46. The molecule has 18 heavy (non-hydrogen) atoms. The molecule has 1 saturated heterocycles. The number of hydrogen-bond donors (Lipinski definition) is 1. The van der Waals surface area contributed by atoms with E-state index in [1.54, 1.807) is 0 Å². The van der Waals surface area contributed by atoms with Crippen molar-refractivity contribution in [2.24, 2.45) is 11.7 Å². The lowest BCUT2D eigenvalue weighted by atomic mass is 9.86. The van der Waals surface area contributed by atoms with E-state index in [1.165, 1.54) is 11.1 Å². The van der Waals surface area contributed by atoms with Gasteiger partial charge in [0.25, 0.3) is 0 Å². The van der Waals surface area contributed by atoms with Crippen molar-refractivity contribution in [1.29, 1.82) is 0 Å². The van der Waals surface area contributed by atoms with Crippen LogP contribution in [0.4, 0.5) is 0 Å². The molecular formula is C15H21NO2. The maximum Gasteiger partial charge on any atom is 0.127 e. The molecule has 3 unspecified atom stereocenters. The maximum absolute atomic E-state index is 6.48. The van der Waals surface area contributed by atoms with Crippen LogP contribution in [-0.2, 0) is 11.2 Å². The van der Waals surface area contributed by atoms with Crippen LogP contribution in [0.2, 0.25) is 0 Å². The molecule has 0 aliphatic carbocycles. The fourth-order valence-electron chi connectivity index (χ4n) is 3.23. The molecular weight excluding hydrogens is 226 g/mol. The number of para-hydroxylation sites is 1. The Morgan fingerprint density at radius 2 is 2.28 bits per heavy atom. The predicted octanol–water partition coefficient (Wildman–Crippen LogP) is 2.44. The first-order valence-corrected chi connectivity index (χ1v) is 6.93. The molecule has 1 aromatic rings. The van der Waals surface area contributed by atoms with Gasteiger partial charge in [-0.25, -0.2) is 0 Å². The largest absolute Gasteiger partial charge is 0.493 e. The summed E-state index contributed by atoms with van der Waals surface area (Å²) in [6.45, 7) is 3.80. The zero-order chi connectivity index (χ0) is 12.5. The SMILES string of the molecule is CCC1OCCC1C(N)c1cccc2c1OCC2. The van der Waals surface area contributed by atoms with Crippen LogP contribution < -0.4 is 10.5 Å². The Morgan fingerprint density at radius 3 is 3.11 bits per heavy atom. The highest BCUT2D eigenvalue weighted by Crippen LogP contribution is 2.39. The summed E-state index contributed by atoms with van der Waals surface area (Å²) in [5.41, 5.74) is 8.95. The minimum absolute atomic E-state index is 0.0329. The van der Waals surface area contributed by atoms with Crippen molar-refractivity contribution in [2.45, 2.75) is 38.3 Å². The standard InChI is InChI=1S/C15H21NO2/c1-2-13-11(7-9-17-13)14(16)12-5-3-4-10-6-8-18-15(10)12/h3-5,11,13-14H,2,6-9,16H2,1H3. The Hall–Kier alpha value is -1.06. The van der Waals surface area contributed by atoms with Crippen LogP contribution in [0.5, 0.6) is 5.75 Å². The molecule has 0 aromatic heterocycles. The summed E-state index contributed by atoms with van der Waals surface area (Å²) >= 11 is 0. The van der Waals surface area contributed by atoms with E-state index >= 15 is 0 Å². The lowest BCUT2D eigenvalue weighted by Crippen LogP contribution is -2.28. The number of benzene rings is 1. The summed E-state index contributed by atoms with van der Waals surface area (Å²) in [4.78, 5) is 0. The van der Waals surface area contributed by atoms with Crippen molar-refractivity contribution in [3.8, 4) is 5.75 Å². The molecule has 1 fully saturated rings. The average Bonchev–Trinajstić information content (AvgIpc) is 3.05. The summed E-state index contributed by atoms with van der Waals surface area (Å²) < 4.78 is 11.5. The number of hydrogen-bond acceptors (Lipinski definition) is 3. The summed E-state index contributed by atoms with van der Waals surface area (Å²) in [6.07, 6.45) is 3.41. The number of fused-ring (bicyclic) bond motifs is 1. The molecule has 3 rings (SSSR count). The molecule has 1 aromatic carbocycles. The summed E-state index contributed by atoms with van der Waals surface area (Å²) in [6, 6.07) is 6.38. The van der Waals surface area contributed by atoms with E-state index in [0.29, 0.717) is 12.0 Å². The van der Waals surface area contributed by atoms with Gasteiger partial charge in [0, 0.05) is 30.6 Å². The first kappa shape index (κ1) is 12.0. The number of rotatable bonds is 3. The zero-order valence-electron chi connectivity index (χ0n) is 10.9. The van der Waals surface area contributed by atoms with Gasteiger partial charge < -0.3 is 15.2 Å². The lowest BCUT2D eigenvalue weighted by Gasteiger charge is -2.25. The van der Waals surface area contributed by atoms with Crippen LogP contribution in [0.25, 0.3) is 0 Å². The van der Waals surface area contributed by atoms with Crippen molar-refractivity contribution < 1.29 is 9.47 Å². The molecule has 0 radical (unpaired) electrons. The van der Waals surface area contributed by atoms with Crippen LogP contribution >= 0.6 is 0 Å². The van der Waals surface area contributed by atoms with Crippen LogP contribution in [-0.4, -0.2) is 19.3 Å². The quantitative estimate of drug-likeness (QED) is 0.892. The molecule has 0 spiro atoms. The van der Waals surface area contributed by atoms with E-state index in [9.17, 15) is 0 Å².